The number of carbonyl (C=O) groups is 1. The van der Waals surface area contributed by atoms with Crippen LogP contribution in [0.4, 0.5) is 0 Å². The molecule has 0 saturated heterocycles. The highest BCUT2D eigenvalue weighted by atomic mass is 16.5. The van der Waals surface area contributed by atoms with Crippen molar-refractivity contribution in [1.82, 2.24) is 5.43 Å². The summed E-state index contributed by atoms with van der Waals surface area (Å²) in [5, 5.41) is 6.26. The highest BCUT2D eigenvalue weighted by Gasteiger charge is 2.10. The Kier molecular flexibility index (Phi) is 6.91. The van der Waals surface area contributed by atoms with E-state index in [1.807, 2.05) is 56.3 Å². The van der Waals surface area contributed by atoms with Gasteiger partial charge < -0.3 is 14.2 Å². The molecule has 6 heteroatoms. The molecule has 0 unspecified atom stereocenters. The fourth-order valence-electron chi connectivity index (χ4n) is 3.15. The van der Waals surface area contributed by atoms with E-state index in [2.05, 4.69) is 10.5 Å². The second kappa shape index (κ2) is 9.78. The number of rotatable bonds is 8. The Bertz CT molecular complexity index is 1060. The molecule has 0 radical (unpaired) electrons. The van der Waals surface area contributed by atoms with Crippen molar-refractivity contribution in [3.63, 3.8) is 0 Å². The number of benzene rings is 3. The van der Waals surface area contributed by atoms with Crippen LogP contribution in [-0.2, 0) is 11.2 Å². The third-order valence-electron chi connectivity index (χ3n) is 4.49. The molecular formula is C24H26N2O4. The zero-order valence-corrected chi connectivity index (χ0v) is 17.6. The fourth-order valence-corrected chi connectivity index (χ4v) is 3.15. The van der Waals surface area contributed by atoms with Gasteiger partial charge >= 0.3 is 0 Å². The lowest BCUT2D eigenvalue weighted by molar-refractivity contribution is -0.120. The van der Waals surface area contributed by atoms with Crippen molar-refractivity contribution in [1.29, 1.82) is 0 Å². The van der Waals surface area contributed by atoms with E-state index in [1.165, 1.54) is 0 Å². The van der Waals surface area contributed by atoms with Crippen molar-refractivity contribution < 1.29 is 19.0 Å². The number of hydrogen-bond donors (Lipinski definition) is 1. The summed E-state index contributed by atoms with van der Waals surface area (Å²) in [7, 11) is 3.14. The molecule has 3 aromatic rings. The average Bonchev–Trinajstić information content (AvgIpc) is 2.74. The molecule has 6 nitrogen and oxygen atoms in total. The van der Waals surface area contributed by atoms with Crippen molar-refractivity contribution in [2.75, 3.05) is 14.2 Å². The van der Waals surface area contributed by atoms with Gasteiger partial charge in [-0.05, 0) is 48.4 Å². The molecule has 0 saturated carbocycles. The van der Waals surface area contributed by atoms with Gasteiger partial charge in [-0.15, -0.1) is 0 Å². The van der Waals surface area contributed by atoms with Crippen LogP contribution in [0.3, 0.4) is 0 Å². The summed E-state index contributed by atoms with van der Waals surface area (Å²) in [4.78, 5) is 12.4. The van der Waals surface area contributed by atoms with Crippen molar-refractivity contribution in [2.24, 2.45) is 5.10 Å². The third kappa shape index (κ3) is 5.08. The number of hydrazone groups is 1. The summed E-state index contributed by atoms with van der Waals surface area (Å²) in [6.45, 7) is 3.95. The minimum Gasteiger partial charge on any atom is -0.493 e. The minimum atomic E-state index is -0.231. The number of nitrogens with zero attached hydrogens (tertiary/aromatic N) is 1. The summed E-state index contributed by atoms with van der Waals surface area (Å²) in [6, 6.07) is 17.3. The molecule has 156 valence electrons. The van der Waals surface area contributed by atoms with Crippen LogP contribution < -0.4 is 19.6 Å². The maximum Gasteiger partial charge on any atom is 0.244 e. The number of amides is 1. The maximum absolute atomic E-state index is 12.4. The quantitative estimate of drug-likeness (QED) is 0.446. The summed E-state index contributed by atoms with van der Waals surface area (Å²) < 4.78 is 16.4. The van der Waals surface area contributed by atoms with Crippen LogP contribution in [0.15, 0.2) is 59.7 Å². The van der Waals surface area contributed by atoms with Gasteiger partial charge in [0.1, 0.15) is 5.75 Å². The molecule has 0 fully saturated rings. The Hall–Kier alpha value is -3.54. The van der Waals surface area contributed by atoms with Crippen LogP contribution in [0.5, 0.6) is 17.2 Å². The van der Waals surface area contributed by atoms with Crippen molar-refractivity contribution >= 4 is 22.9 Å². The van der Waals surface area contributed by atoms with Crippen LogP contribution in [-0.4, -0.2) is 32.4 Å². The monoisotopic (exact) mass is 406 g/mol. The predicted octanol–water partition coefficient (Wildman–Crippen LogP) is 4.34. The lowest BCUT2D eigenvalue weighted by Gasteiger charge is -2.14. The van der Waals surface area contributed by atoms with E-state index < -0.39 is 0 Å². The second-order valence-corrected chi connectivity index (χ2v) is 7.02. The van der Waals surface area contributed by atoms with E-state index in [1.54, 1.807) is 32.6 Å². The number of methoxy groups -OCH3 is 2. The summed E-state index contributed by atoms with van der Waals surface area (Å²) in [5.74, 6) is 1.69. The molecule has 1 N–H and O–H groups in total. The van der Waals surface area contributed by atoms with Crippen LogP contribution in [0.1, 0.15) is 25.0 Å². The minimum absolute atomic E-state index is 0.0259. The van der Waals surface area contributed by atoms with Crippen LogP contribution >= 0.6 is 0 Å². The van der Waals surface area contributed by atoms with Gasteiger partial charge in [-0.2, -0.15) is 5.10 Å². The van der Waals surface area contributed by atoms with Crippen molar-refractivity contribution in [3.05, 3.63) is 65.7 Å². The van der Waals surface area contributed by atoms with E-state index in [0.717, 1.165) is 27.6 Å². The van der Waals surface area contributed by atoms with Gasteiger partial charge in [0.2, 0.25) is 5.91 Å². The number of ether oxygens (including phenoxy) is 3. The van der Waals surface area contributed by atoms with E-state index in [-0.39, 0.29) is 18.4 Å². The first-order valence-corrected chi connectivity index (χ1v) is 9.73. The standard InChI is InChI=1S/C24H26N2O4/c1-16(2)30-21-12-10-18-7-5-6-8-19(18)20(21)15-25-26-24(27)14-17-9-11-22(28-3)23(13-17)29-4/h5-13,15-16H,14H2,1-4H3,(H,26,27)/b25-15-. The molecular weight excluding hydrogens is 380 g/mol. The first-order chi connectivity index (χ1) is 14.5. The van der Waals surface area contributed by atoms with Crippen molar-refractivity contribution in [2.45, 2.75) is 26.4 Å². The molecule has 0 atom stereocenters. The Labute approximate surface area is 176 Å². The summed E-state index contributed by atoms with van der Waals surface area (Å²) in [5.41, 5.74) is 4.22. The number of hydrogen-bond acceptors (Lipinski definition) is 5. The van der Waals surface area contributed by atoms with Crippen LogP contribution in [0.2, 0.25) is 0 Å². The largest absolute Gasteiger partial charge is 0.493 e. The number of nitrogens with one attached hydrogen (secondary N) is 1. The zero-order chi connectivity index (χ0) is 21.5. The Morgan fingerprint density at radius 3 is 2.47 bits per heavy atom. The van der Waals surface area contributed by atoms with E-state index in [4.69, 9.17) is 14.2 Å². The first-order valence-electron chi connectivity index (χ1n) is 9.73. The van der Waals surface area contributed by atoms with Gasteiger partial charge in [0.05, 0.1) is 33.0 Å². The van der Waals surface area contributed by atoms with Gasteiger partial charge in [-0.1, -0.05) is 36.4 Å². The third-order valence-corrected chi connectivity index (χ3v) is 4.49. The van der Waals surface area contributed by atoms with Crippen LogP contribution in [0, 0.1) is 0 Å². The Balaban J connectivity index is 1.76. The maximum atomic E-state index is 12.4. The predicted molar refractivity (Wildman–Crippen MR) is 119 cm³/mol. The lowest BCUT2D eigenvalue weighted by atomic mass is 10.0. The molecule has 0 bridgehead atoms. The molecule has 30 heavy (non-hydrogen) atoms. The summed E-state index contributed by atoms with van der Waals surface area (Å²) >= 11 is 0. The van der Waals surface area contributed by atoms with E-state index >= 15 is 0 Å². The molecule has 0 aromatic heterocycles. The SMILES string of the molecule is COc1ccc(CC(=O)N/N=C\c2c(OC(C)C)ccc3ccccc23)cc1OC. The highest BCUT2D eigenvalue weighted by Crippen LogP contribution is 2.28. The van der Waals surface area contributed by atoms with Gasteiger partial charge in [-0.3, -0.25) is 4.79 Å². The molecule has 1 amide bonds. The topological polar surface area (TPSA) is 69.2 Å². The smallest absolute Gasteiger partial charge is 0.244 e. The van der Waals surface area contributed by atoms with Gasteiger partial charge in [0.15, 0.2) is 11.5 Å². The first kappa shape index (κ1) is 21.2. The van der Waals surface area contributed by atoms with Gasteiger partial charge in [0, 0.05) is 5.56 Å². The summed E-state index contributed by atoms with van der Waals surface area (Å²) in [6.07, 6.45) is 1.83. The molecule has 3 rings (SSSR count). The second-order valence-electron chi connectivity index (χ2n) is 7.02. The molecule has 3 aromatic carbocycles. The molecule has 0 aliphatic rings. The van der Waals surface area contributed by atoms with Crippen LogP contribution in [0.25, 0.3) is 10.8 Å². The average molecular weight is 406 g/mol. The fraction of sp³-hybridized carbons (Fsp3) is 0.250. The molecule has 0 aliphatic heterocycles. The Morgan fingerprint density at radius 1 is 1.00 bits per heavy atom. The molecule has 0 heterocycles. The van der Waals surface area contributed by atoms with Crippen molar-refractivity contribution in [3.8, 4) is 17.2 Å². The highest BCUT2D eigenvalue weighted by molar-refractivity contribution is 6.02. The normalized spacial score (nSPS) is 11.1. The Morgan fingerprint density at radius 2 is 1.73 bits per heavy atom. The molecule has 0 aliphatic carbocycles. The van der Waals surface area contributed by atoms with Gasteiger partial charge in [-0.25, -0.2) is 5.43 Å². The van der Waals surface area contributed by atoms with Gasteiger partial charge in [0.25, 0.3) is 0 Å². The zero-order valence-electron chi connectivity index (χ0n) is 17.6. The van der Waals surface area contributed by atoms with E-state index in [9.17, 15) is 4.79 Å². The lowest BCUT2D eigenvalue weighted by Crippen LogP contribution is -2.20. The number of fused-ring (bicyclic) bond motifs is 1. The molecule has 0 spiro atoms. The van der Waals surface area contributed by atoms with E-state index in [0.29, 0.717) is 11.5 Å². The number of carbonyl (C=O) groups excluding carboxylic acids is 1.